The maximum atomic E-state index is 11.4. The van der Waals surface area contributed by atoms with Crippen LogP contribution < -0.4 is 10.2 Å². The molecule has 74 valence electrons. The maximum absolute atomic E-state index is 11.4. The molecule has 0 saturated heterocycles. The molecule has 3 nitrogen and oxygen atoms in total. The summed E-state index contributed by atoms with van der Waals surface area (Å²) in [7, 11) is 2.01. The lowest BCUT2D eigenvalue weighted by molar-refractivity contribution is -0.115. The monoisotopic (exact) mass is 190 g/mol. The third-order valence-corrected chi connectivity index (χ3v) is 2.51. The van der Waals surface area contributed by atoms with Gasteiger partial charge in [0, 0.05) is 20.0 Å². The minimum atomic E-state index is 0.0983. The molecule has 0 saturated carbocycles. The average molecular weight is 190 g/mol. The Balaban J connectivity index is 2.46. The standard InChI is InChI=1S/C11H14N2O/c1-8-3-4-10-9(7-8)12-11(14)5-6-13(10)2/h3-4,7H,5-6H2,1-2H3,(H,12,14). The Kier molecular flexibility index (Phi) is 2.15. The summed E-state index contributed by atoms with van der Waals surface area (Å²) in [4.78, 5) is 13.5. The second-order valence-corrected chi connectivity index (χ2v) is 3.74. The Bertz CT molecular complexity index is 374. The molecule has 1 aromatic rings. The molecular formula is C11H14N2O. The Morgan fingerprint density at radius 3 is 3.00 bits per heavy atom. The van der Waals surface area contributed by atoms with Crippen molar-refractivity contribution in [2.24, 2.45) is 0 Å². The number of nitrogens with zero attached hydrogens (tertiary/aromatic N) is 1. The topological polar surface area (TPSA) is 32.3 Å². The van der Waals surface area contributed by atoms with Crippen LogP contribution in [0.25, 0.3) is 0 Å². The van der Waals surface area contributed by atoms with E-state index in [0.29, 0.717) is 6.42 Å². The fourth-order valence-electron chi connectivity index (χ4n) is 1.69. The Morgan fingerprint density at radius 2 is 2.21 bits per heavy atom. The van der Waals surface area contributed by atoms with E-state index < -0.39 is 0 Å². The molecule has 0 spiro atoms. The van der Waals surface area contributed by atoms with Crippen LogP contribution in [0, 0.1) is 6.92 Å². The molecule has 0 aliphatic carbocycles. The predicted octanol–water partition coefficient (Wildman–Crippen LogP) is 1.77. The highest BCUT2D eigenvalue weighted by Crippen LogP contribution is 2.28. The highest BCUT2D eigenvalue weighted by Gasteiger charge is 2.15. The molecule has 1 aromatic carbocycles. The van der Waals surface area contributed by atoms with Gasteiger partial charge in [-0.15, -0.1) is 0 Å². The van der Waals surface area contributed by atoms with Crippen LogP contribution in [0.3, 0.4) is 0 Å². The SMILES string of the molecule is Cc1ccc2c(c1)NC(=O)CCN2C. The first-order chi connectivity index (χ1) is 6.66. The molecule has 1 N–H and O–H groups in total. The Labute approximate surface area is 83.7 Å². The molecule has 3 heteroatoms. The highest BCUT2D eigenvalue weighted by molar-refractivity contribution is 5.96. The fraction of sp³-hybridized carbons (Fsp3) is 0.364. The molecule has 0 fully saturated rings. The van der Waals surface area contributed by atoms with Crippen LogP contribution in [0.15, 0.2) is 18.2 Å². The van der Waals surface area contributed by atoms with E-state index in [0.717, 1.165) is 17.9 Å². The van der Waals surface area contributed by atoms with E-state index in [9.17, 15) is 4.79 Å². The summed E-state index contributed by atoms with van der Waals surface area (Å²) in [5.41, 5.74) is 3.19. The average Bonchev–Trinajstić information content (AvgIpc) is 2.26. The van der Waals surface area contributed by atoms with Gasteiger partial charge in [-0.25, -0.2) is 0 Å². The molecule has 1 aliphatic heterocycles. The highest BCUT2D eigenvalue weighted by atomic mass is 16.1. The summed E-state index contributed by atoms with van der Waals surface area (Å²) in [6.45, 7) is 2.80. The number of aryl methyl sites for hydroxylation is 1. The van der Waals surface area contributed by atoms with E-state index in [1.54, 1.807) is 0 Å². The van der Waals surface area contributed by atoms with E-state index in [4.69, 9.17) is 0 Å². The third kappa shape index (κ3) is 1.58. The third-order valence-electron chi connectivity index (χ3n) is 2.51. The number of hydrogen-bond acceptors (Lipinski definition) is 2. The van der Waals surface area contributed by atoms with E-state index in [1.807, 2.05) is 20.0 Å². The number of benzene rings is 1. The van der Waals surface area contributed by atoms with Gasteiger partial charge in [0.1, 0.15) is 0 Å². The van der Waals surface area contributed by atoms with Crippen molar-refractivity contribution >= 4 is 17.3 Å². The lowest BCUT2D eigenvalue weighted by Crippen LogP contribution is -2.18. The number of fused-ring (bicyclic) bond motifs is 1. The van der Waals surface area contributed by atoms with Gasteiger partial charge in [0.2, 0.25) is 5.91 Å². The van der Waals surface area contributed by atoms with Crippen molar-refractivity contribution in [3.63, 3.8) is 0 Å². The molecule has 0 unspecified atom stereocenters. The van der Waals surface area contributed by atoms with Crippen molar-refractivity contribution in [2.45, 2.75) is 13.3 Å². The molecule has 0 bridgehead atoms. The first kappa shape index (κ1) is 9.06. The largest absolute Gasteiger partial charge is 0.372 e. The molecule has 1 aliphatic rings. The smallest absolute Gasteiger partial charge is 0.226 e. The summed E-state index contributed by atoms with van der Waals surface area (Å²) >= 11 is 0. The van der Waals surface area contributed by atoms with Gasteiger partial charge in [-0.05, 0) is 24.6 Å². The minimum Gasteiger partial charge on any atom is -0.372 e. The van der Waals surface area contributed by atoms with Crippen LogP contribution >= 0.6 is 0 Å². The number of amides is 1. The van der Waals surface area contributed by atoms with Gasteiger partial charge in [-0.3, -0.25) is 4.79 Å². The number of nitrogens with one attached hydrogen (secondary N) is 1. The summed E-state index contributed by atoms with van der Waals surface area (Å²) in [6, 6.07) is 6.12. The summed E-state index contributed by atoms with van der Waals surface area (Å²) in [5.74, 6) is 0.0983. The molecule has 0 atom stereocenters. The molecule has 1 amide bonds. The Hall–Kier alpha value is -1.51. The molecule has 14 heavy (non-hydrogen) atoms. The Morgan fingerprint density at radius 1 is 1.43 bits per heavy atom. The second kappa shape index (κ2) is 3.33. The normalized spacial score (nSPS) is 15.9. The van der Waals surface area contributed by atoms with Crippen molar-refractivity contribution in [1.82, 2.24) is 0 Å². The van der Waals surface area contributed by atoms with Gasteiger partial charge >= 0.3 is 0 Å². The number of anilines is 2. The summed E-state index contributed by atoms with van der Waals surface area (Å²) < 4.78 is 0. The predicted molar refractivity (Wildman–Crippen MR) is 57.7 cm³/mol. The van der Waals surface area contributed by atoms with E-state index in [-0.39, 0.29) is 5.91 Å². The van der Waals surface area contributed by atoms with Crippen molar-refractivity contribution < 1.29 is 4.79 Å². The lowest BCUT2D eigenvalue weighted by Gasteiger charge is -2.18. The van der Waals surface area contributed by atoms with Crippen molar-refractivity contribution in [3.8, 4) is 0 Å². The zero-order valence-electron chi connectivity index (χ0n) is 8.50. The molecule has 0 radical (unpaired) electrons. The number of hydrogen-bond donors (Lipinski definition) is 1. The quantitative estimate of drug-likeness (QED) is 0.676. The van der Waals surface area contributed by atoms with Gasteiger partial charge < -0.3 is 10.2 Å². The number of carbonyl (C=O) groups is 1. The molecule has 1 heterocycles. The van der Waals surface area contributed by atoms with Crippen molar-refractivity contribution in [3.05, 3.63) is 23.8 Å². The minimum absolute atomic E-state index is 0.0983. The van der Waals surface area contributed by atoms with Gasteiger partial charge in [0.25, 0.3) is 0 Å². The van der Waals surface area contributed by atoms with E-state index in [2.05, 4.69) is 22.3 Å². The fourth-order valence-corrected chi connectivity index (χ4v) is 1.69. The maximum Gasteiger partial charge on any atom is 0.226 e. The van der Waals surface area contributed by atoms with Crippen LogP contribution in [-0.2, 0) is 4.79 Å². The van der Waals surface area contributed by atoms with Crippen molar-refractivity contribution in [1.29, 1.82) is 0 Å². The van der Waals surface area contributed by atoms with E-state index >= 15 is 0 Å². The first-order valence-corrected chi connectivity index (χ1v) is 4.78. The molecular weight excluding hydrogens is 176 g/mol. The van der Waals surface area contributed by atoms with Gasteiger partial charge in [-0.1, -0.05) is 6.07 Å². The molecule has 2 rings (SSSR count). The second-order valence-electron chi connectivity index (χ2n) is 3.74. The number of rotatable bonds is 0. The van der Waals surface area contributed by atoms with Gasteiger partial charge in [-0.2, -0.15) is 0 Å². The summed E-state index contributed by atoms with van der Waals surface area (Å²) in [5, 5.41) is 2.91. The zero-order valence-corrected chi connectivity index (χ0v) is 8.50. The van der Waals surface area contributed by atoms with Crippen LogP contribution in [0.2, 0.25) is 0 Å². The lowest BCUT2D eigenvalue weighted by atomic mass is 10.2. The van der Waals surface area contributed by atoms with Crippen molar-refractivity contribution in [2.75, 3.05) is 23.8 Å². The van der Waals surface area contributed by atoms with Crippen LogP contribution in [0.1, 0.15) is 12.0 Å². The van der Waals surface area contributed by atoms with Crippen LogP contribution in [0.5, 0.6) is 0 Å². The number of carbonyl (C=O) groups excluding carboxylic acids is 1. The van der Waals surface area contributed by atoms with Crippen LogP contribution in [0.4, 0.5) is 11.4 Å². The molecule has 0 aromatic heterocycles. The van der Waals surface area contributed by atoms with Gasteiger partial charge in [0.05, 0.1) is 11.4 Å². The first-order valence-electron chi connectivity index (χ1n) is 4.78. The summed E-state index contributed by atoms with van der Waals surface area (Å²) in [6.07, 6.45) is 0.560. The van der Waals surface area contributed by atoms with Gasteiger partial charge in [0.15, 0.2) is 0 Å². The van der Waals surface area contributed by atoms with E-state index in [1.165, 1.54) is 5.56 Å². The van der Waals surface area contributed by atoms with Crippen LogP contribution in [-0.4, -0.2) is 19.5 Å². The zero-order chi connectivity index (χ0) is 10.1.